The van der Waals surface area contributed by atoms with Gasteiger partial charge in [-0.1, -0.05) is 0 Å². The Labute approximate surface area is 87.7 Å². The van der Waals surface area contributed by atoms with Crippen molar-refractivity contribution in [2.24, 2.45) is 0 Å². The van der Waals surface area contributed by atoms with E-state index in [2.05, 4.69) is 10.2 Å². The minimum atomic E-state index is -0.281. The quantitative estimate of drug-likeness (QED) is 0.823. The summed E-state index contributed by atoms with van der Waals surface area (Å²) in [6.07, 6.45) is 0. The van der Waals surface area contributed by atoms with E-state index in [0.717, 1.165) is 31.7 Å². The number of rotatable bonds is 3. The van der Waals surface area contributed by atoms with E-state index in [1.54, 1.807) is 11.3 Å². The molecular weight excluding hydrogens is 199 g/mol. The zero-order valence-electron chi connectivity index (χ0n) is 8.08. The smallest absolute Gasteiger partial charge is 0.109 e. The first-order valence-corrected chi connectivity index (χ1v) is 5.89. The van der Waals surface area contributed by atoms with Crippen LogP contribution in [0, 0.1) is 0 Å². The lowest BCUT2D eigenvalue weighted by molar-refractivity contribution is 0.148. The molecule has 0 saturated carbocycles. The third-order valence-corrected chi connectivity index (χ3v) is 3.37. The van der Waals surface area contributed by atoms with Crippen LogP contribution >= 0.6 is 11.3 Å². The molecule has 0 aromatic carbocycles. The molecular formula is C10H15FN2S. The van der Waals surface area contributed by atoms with Crippen LogP contribution < -0.4 is 5.32 Å². The van der Waals surface area contributed by atoms with Gasteiger partial charge in [0.15, 0.2) is 0 Å². The standard InChI is InChI=1S/C10H15FN2S/c11-7-10(9-1-6-14-8-9)13-4-2-12-3-5-13/h1,6,8,10,12H,2-5,7H2/t10-/m0/s1. The van der Waals surface area contributed by atoms with Crippen molar-refractivity contribution in [1.29, 1.82) is 0 Å². The summed E-state index contributed by atoms with van der Waals surface area (Å²) in [5.41, 5.74) is 1.12. The predicted octanol–water partition coefficient (Wildman–Crippen LogP) is 1.66. The van der Waals surface area contributed by atoms with Gasteiger partial charge in [0, 0.05) is 26.2 Å². The van der Waals surface area contributed by atoms with Crippen molar-refractivity contribution in [2.45, 2.75) is 6.04 Å². The fourth-order valence-corrected chi connectivity index (χ4v) is 2.56. The Kier molecular flexibility index (Phi) is 3.50. The maximum absolute atomic E-state index is 12.9. The first-order chi connectivity index (χ1) is 6.92. The Morgan fingerprint density at radius 2 is 2.29 bits per heavy atom. The molecule has 0 radical (unpaired) electrons. The molecule has 0 unspecified atom stereocenters. The molecule has 1 aromatic rings. The predicted molar refractivity (Wildman–Crippen MR) is 57.5 cm³/mol. The lowest BCUT2D eigenvalue weighted by Crippen LogP contribution is -2.45. The lowest BCUT2D eigenvalue weighted by atomic mass is 10.1. The first-order valence-electron chi connectivity index (χ1n) is 4.94. The molecule has 1 N–H and O–H groups in total. The number of piperazine rings is 1. The van der Waals surface area contributed by atoms with Crippen molar-refractivity contribution < 1.29 is 4.39 Å². The number of nitrogens with zero attached hydrogens (tertiary/aromatic N) is 1. The van der Waals surface area contributed by atoms with Gasteiger partial charge in [-0.15, -0.1) is 0 Å². The molecule has 2 nitrogen and oxygen atoms in total. The van der Waals surface area contributed by atoms with E-state index in [9.17, 15) is 4.39 Å². The molecule has 1 aromatic heterocycles. The zero-order valence-corrected chi connectivity index (χ0v) is 8.89. The molecule has 1 aliphatic heterocycles. The summed E-state index contributed by atoms with van der Waals surface area (Å²) in [5.74, 6) is 0. The van der Waals surface area contributed by atoms with Crippen molar-refractivity contribution >= 4 is 11.3 Å². The third kappa shape index (κ3) is 2.13. The highest BCUT2D eigenvalue weighted by Gasteiger charge is 2.21. The maximum Gasteiger partial charge on any atom is 0.109 e. The SMILES string of the molecule is FC[C@@H](c1ccsc1)N1CCNCC1. The van der Waals surface area contributed by atoms with E-state index in [1.165, 1.54) is 0 Å². The zero-order chi connectivity index (χ0) is 9.80. The maximum atomic E-state index is 12.9. The Balaban J connectivity index is 2.04. The van der Waals surface area contributed by atoms with Crippen molar-refractivity contribution in [3.63, 3.8) is 0 Å². The van der Waals surface area contributed by atoms with Crippen LogP contribution in [0.15, 0.2) is 16.8 Å². The topological polar surface area (TPSA) is 15.3 Å². The average molecular weight is 214 g/mol. The van der Waals surface area contributed by atoms with Gasteiger partial charge in [-0.3, -0.25) is 4.90 Å². The fraction of sp³-hybridized carbons (Fsp3) is 0.600. The number of hydrogen-bond donors (Lipinski definition) is 1. The molecule has 2 rings (SSSR count). The van der Waals surface area contributed by atoms with Crippen molar-refractivity contribution in [3.05, 3.63) is 22.4 Å². The molecule has 1 saturated heterocycles. The monoisotopic (exact) mass is 214 g/mol. The van der Waals surface area contributed by atoms with Crippen LogP contribution in [0.1, 0.15) is 11.6 Å². The van der Waals surface area contributed by atoms with Crippen molar-refractivity contribution in [1.82, 2.24) is 10.2 Å². The van der Waals surface area contributed by atoms with E-state index in [-0.39, 0.29) is 12.7 Å². The molecule has 14 heavy (non-hydrogen) atoms. The Bertz CT molecular complexity index is 257. The summed E-state index contributed by atoms with van der Waals surface area (Å²) < 4.78 is 12.9. The molecule has 0 aliphatic carbocycles. The van der Waals surface area contributed by atoms with Crippen LogP contribution in [0.4, 0.5) is 4.39 Å². The summed E-state index contributed by atoms with van der Waals surface area (Å²) in [4.78, 5) is 2.22. The molecule has 0 bridgehead atoms. The van der Waals surface area contributed by atoms with Crippen LogP contribution in [0.2, 0.25) is 0 Å². The lowest BCUT2D eigenvalue weighted by Gasteiger charge is -2.33. The third-order valence-electron chi connectivity index (χ3n) is 2.67. The van der Waals surface area contributed by atoms with Crippen LogP contribution in [-0.4, -0.2) is 37.8 Å². The second kappa shape index (κ2) is 4.87. The van der Waals surface area contributed by atoms with Crippen molar-refractivity contribution in [2.75, 3.05) is 32.9 Å². The summed E-state index contributed by atoms with van der Waals surface area (Å²) in [6, 6.07) is 2.00. The molecule has 2 heterocycles. The van der Waals surface area contributed by atoms with Crippen LogP contribution in [0.5, 0.6) is 0 Å². The Morgan fingerprint density at radius 3 is 2.86 bits per heavy atom. The van der Waals surface area contributed by atoms with Crippen LogP contribution in [-0.2, 0) is 0 Å². The second-order valence-electron chi connectivity index (χ2n) is 3.51. The molecule has 0 amide bonds. The van der Waals surface area contributed by atoms with E-state index in [0.29, 0.717) is 0 Å². The van der Waals surface area contributed by atoms with Crippen LogP contribution in [0.3, 0.4) is 0 Å². The molecule has 78 valence electrons. The first kappa shape index (κ1) is 10.1. The highest BCUT2D eigenvalue weighted by Crippen LogP contribution is 2.23. The number of thiophene rings is 1. The summed E-state index contributed by atoms with van der Waals surface area (Å²) in [5, 5.41) is 7.34. The summed E-state index contributed by atoms with van der Waals surface area (Å²) in [7, 11) is 0. The van der Waals surface area contributed by atoms with Gasteiger partial charge in [-0.2, -0.15) is 11.3 Å². The molecule has 4 heteroatoms. The normalized spacial score (nSPS) is 20.9. The number of hydrogen-bond acceptors (Lipinski definition) is 3. The van der Waals surface area contributed by atoms with Gasteiger partial charge in [0.05, 0.1) is 6.04 Å². The van der Waals surface area contributed by atoms with Gasteiger partial charge in [0.25, 0.3) is 0 Å². The average Bonchev–Trinajstić information content (AvgIpc) is 2.74. The highest BCUT2D eigenvalue weighted by molar-refractivity contribution is 7.07. The highest BCUT2D eigenvalue weighted by atomic mass is 32.1. The second-order valence-corrected chi connectivity index (χ2v) is 4.29. The van der Waals surface area contributed by atoms with E-state index in [4.69, 9.17) is 0 Å². The molecule has 0 spiro atoms. The molecule has 1 atom stereocenters. The van der Waals surface area contributed by atoms with Gasteiger partial charge in [-0.25, -0.2) is 4.39 Å². The fourth-order valence-electron chi connectivity index (χ4n) is 1.86. The number of nitrogens with one attached hydrogen (secondary N) is 1. The molecule has 1 aliphatic rings. The largest absolute Gasteiger partial charge is 0.314 e. The van der Waals surface area contributed by atoms with Gasteiger partial charge >= 0.3 is 0 Å². The van der Waals surface area contributed by atoms with Gasteiger partial charge < -0.3 is 5.32 Å². The van der Waals surface area contributed by atoms with Crippen molar-refractivity contribution in [3.8, 4) is 0 Å². The molecule has 1 fully saturated rings. The van der Waals surface area contributed by atoms with Gasteiger partial charge in [0.2, 0.25) is 0 Å². The number of halogens is 1. The van der Waals surface area contributed by atoms with E-state index < -0.39 is 0 Å². The Hall–Kier alpha value is -0.450. The van der Waals surface area contributed by atoms with Gasteiger partial charge in [0.1, 0.15) is 6.67 Å². The van der Waals surface area contributed by atoms with E-state index in [1.807, 2.05) is 16.8 Å². The minimum Gasteiger partial charge on any atom is -0.314 e. The van der Waals surface area contributed by atoms with Crippen LogP contribution in [0.25, 0.3) is 0 Å². The number of alkyl halides is 1. The minimum absolute atomic E-state index is 0.0247. The Morgan fingerprint density at radius 1 is 1.50 bits per heavy atom. The summed E-state index contributed by atoms with van der Waals surface area (Å²) in [6.45, 7) is 3.56. The van der Waals surface area contributed by atoms with E-state index >= 15 is 0 Å². The van der Waals surface area contributed by atoms with Gasteiger partial charge in [-0.05, 0) is 22.4 Å². The summed E-state index contributed by atoms with van der Waals surface area (Å²) >= 11 is 1.64.